The van der Waals surface area contributed by atoms with Gasteiger partial charge in [0.1, 0.15) is 24.2 Å². The Balaban J connectivity index is 2.87. The lowest BCUT2D eigenvalue weighted by Crippen LogP contribution is -2.57. The molecule has 10 heteroatoms. The summed E-state index contributed by atoms with van der Waals surface area (Å²) in [5.41, 5.74) is 5.71. The van der Waals surface area contributed by atoms with Gasteiger partial charge in [-0.3, -0.25) is 19.2 Å². The number of carbonyl (C=O) groups excluding carboxylic acids is 3. The van der Waals surface area contributed by atoms with E-state index in [0.29, 0.717) is 25.8 Å². The van der Waals surface area contributed by atoms with Crippen molar-refractivity contribution in [1.82, 2.24) is 15.5 Å². The molecule has 0 radical (unpaired) electrons. The summed E-state index contributed by atoms with van der Waals surface area (Å²) < 4.78 is 0. The van der Waals surface area contributed by atoms with E-state index < -0.39 is 54.0 Å². The maximum Gasteiger partial charge on any atom is 0.325 e. The van der Waals surface area contributed by atoms with Crippen LogP contribution in [-0.2, 0) is 19.2 Å². The van der Waals surface area contributed by atoms with Crippen LogP contribution in [0.25, 0.3) is 0 Å². The average Bonchev–Trinajstić information content (AvgIpc) is 3.08. The quantitative estimate of drug-likeness (QED) is 0.325. The topological polar surface area (TPSA) is 162 Å². The third-order valence-corrected chi connectivity index (χ3v) is 4.71. The Hall–Kier alpha value is -2.20. The number of aliphatic hydroxyl groups is 1. The van der Waals surface area contributed by atoms with Crippen LogP contribution in [0.5, 0.6) is 0 Å². The number of aliphatic carboxylic acids is 1. The van der Waals surface area contributed by atoms with Gasteiger partial charge in [0.15, 0.2) is 0 Å². The van der Waals surface area contributed by atoms with Crippen LogP contribution >= 0.6 is 0 Å². The molecule has 0 aromatic carbocycles. The third-order valence-electron chi connectivity index (χ3n) is 4.71. The van der Waals surface area contributed by atoms with E-state index in [1.54, 1.807) is 0 Å². The number of likely N-dealkylation sites (tertiary alicyclic amines) is 1. The van der Waals surface area contributed by atoms with Gasteiger partial charge in [-0.15, -0.1) is 0 Å². The molecule has 1 aliphatic rings. The van der Waals surface area contributed by atoms with Crippen molar-refractivity contribution in [2.45, 2.75) is 77.2 Å². The van der Waals surface area contributed by atoms with Crippen LogP contribution in [0.4, 0.5) is 0 Å². The number of nitrogens with zero attached hydrogens (tertiary/aromatic N) is 1. The van der Waals surface area contributed by atoms with Crippen LogP contribution < -0.4 is 16.4 Å². The Labute approximate surface area is 164 Å². The number of carbonyl (C=O) groups is 4. The van der Waals surface area contributed by atoms with Crippen LogP contribution in [0, 0.1) is 5.92 Å². The summed E-state index contributed by atoms with van der Waals surface area (Å²) in [7, 11) is 0. The van der Waals surface area contributed by atoms with Gasteiger partial charge in [-0.05, 0) is 39.0 Å². The van der Waals surface area contributed by atoms with Crippen molar-refractivity contribution in [3.63, 3.8) is 0 Å². The molecule has 5 unspecified atom stereocenters. The highest BCUT2D eigenvalue weighted by atomic mass is 16.4. The monoisotopic (exact) mass is 400 g/mol. The van der Waals surface area contributed by atoms with Gasteiger partial charge in [0, 0.05) is 6.54 Å². The van der Waals surface area contributed by atoms with Crippen LogP contribution in [0.15, 0.2) is 0 Å². The normalized spacial score (nSPS) is 21.0. The molecule has 6 N–H and O–H groups in total. The standard InChI is InChI=1S/C18H32N4O6/c1-9(2)8-12(15(24)20-10(3)18(27)28)21-16(25)13-6-5-7-22(13)17(26)14(19)11(4)23/h9-14,23H,5-8,19H2,1-4H3,(H,20,24)(H,21,25)(H,27,28). The molecular formula is C18H32N4O6. The molecule has 1 rings (SSSR count). The van der Waals surface area contributed by atoms with Gasteiger partial charge in [-0.1, -0.05) is 13.8 Å². The summed E-state index contributed by atoms with van der Waals surface area (Å²) in [6.07, 6.45) is 0.297. The fourth-order valence-electron chi connectivity index (χ4n) is 3.05. The van der Waals surface area contributed by atoms with Crippen molar-refractivity contribution in [1.29, 1.82) is 0 Å². The molecule has 1 saturated heterocycles. The maximum absolute atomic E-state index is 12.8. The van der Waals surface area contributed by atoms with Gasteiger partial charge in [-0.2, -0.15) is 0 Å². The Morgan fingerprint density at radius 1 is 1.14 bits per heavy atom. The van der Waals surface area contributed by atoms with Gasteiger partial charge >= 0.3 is 5.97 Å². The number of nitrogens with one attached hydrogen (secondary N) is 2. The lowest BCUT2D eigenvalue weighted by Gasteiger charge is -2.29. The molecule has 0 aromatic rings. The molecule has 3 amide bonds. The van der Waals surface area contributed by atoms with Gasteiger partial charge in [0.25, 0.3) is 0 Å². The van der Waals surface area contributed by atoms with E-state index in [2.05, 4.69) is 10.6 Å². The second kappa shape index (κ2) is 10.4. The minimum absolute atomic E-state index is 0.0705. The van der Waals surface area contributed by atoms with E-state index >= 15 is 0 Å². The van der Waals surface area contributed by atoms with Crippen molar-refractivity contribution in [2.24, 2.45) is 11.7 Å². The smallest absolute Gasteiger partial charge is 0.325 e. The molecule has 1 heterocycles. The predicted octanol–water partition coefficient (Wildman–Crippen LogP) is -1.19. The summed E-state index contributed by atoms with van der Waals surface area (Å²) in [4.78, 5) is 49.9. The number of carboxylic acids is 1. The van der Waals surface area contributed by atoms with E-state index in [1.807, 2.05) is 13.8 Å². The van der Waals surface area contributed by atoms with Crippen molar-refractivity contribution >= 4 is 23.7 Å². The fraction of sp³-hybridized carbons (Fsp3) is 0.778. The van der Waals surface area contributed by atoms with Crippen LogP contribution in [0.3, 0.4) is 0 Å². The molecular weight excluding hydrogens is 368 g/mol. The maximum atomic E-state index is 12.8. The van der Waals surface area contributed by atoms with Crippen LogP contribution in [0.1, 0.15) is 47.0 Å². The lowest BCUT2D eigenvalue weighted by atomic mass is 10.0. The van der Waals surface area contributed by atoms with E-state index in [1.165, 1.54) is 18.7 Å². The number of aliphatic hydroxyl groups excluding tert-OH is 1. The predicted molar refractivity (Wildman–Crippen MR) is 101 cm³/mol. The molecule has 0 bridgehead atoms. The number of nitrogens with two attached hydrogens (primary N) is 1. The highest BCUT2D eigenvalue weighted by Gasteiger charge is 2.38. The van der Waals surface area contributed by atoms with Gasteiger partial charge < -0.3 is 31.5 Å². The Bertz CT molecular complexity index is 595. The molecule has 28 heavy (non-hydrogen) atoms. The summed E-state index contributed by atoms with van der Waals surface area (Å²) in [6, 6.07) is -3.92. The molecule has 10 nitrogen and oxygen atoms in total. The lowest BCUT2D eigenvalue weighted by molar-refractivity contribution is -0.143. The summed E-state index contributed by atoms with van der Waals surface area (Å²) in [5, 5.41) is 23.5. The first-order valence-electron chi connectivity index (χ1n) is 9.53. The van der Waals surface area contributed by atoms with Crippen molar-refractivity contribution in [3.05, 3.63) is 0 Å². The number of rotatable bonds is 9. The summed E-state index contributed by atoms with van der Waals surface area (Å²) in [6.45, 7) is 6.83. The zero-order valence-electron chi connectivity index (χ0n) is 16.8. The van der Waals surface area contributed by atoms with Crippen LogP contribution in [0.2, 0.25) is 0 Å². The van der Waals surface area contributed by atoms with Crippen molar-refractivity contribution in [2.75, 3.05) is 6.54 Å². The first kappa shape index (κ1) is 23.8. The molecule has 0 spiro atoms. The first-order valence-corrected chi connectivity index (χ1v) is 9.53. The Kier molecular flexibility index (Phi) is 8.83. The third kappa shape index (κ3) is 6.45. The minimum Gasteiger partial charge on any atom is -0.480 e. The Morgan fingerprint density at radius 3 is 2.25 bits per heavy atom. The zero-order chi connectivity index (χ0) is 21.6. The molecule has 1 fully saturated rings. The van der Waals surface area contributed by atoms with Crippen LogP contribution in [-0.4, -0.2) is 75.6 Å². The van der Waals surface area contributed by atoms with E-state index in [9.17, 15) is 24.3 Å². The second-order valence-electron chi connectivity index (χ2n) is 7.72. The summed E-state index contributed by atoms with van der Waals surface area (Å²) >= 11 is 0. The molecule has 1 aliphatic heterocycles. The van der Waals surface area contributed by atoms with Gasteiger partial charge in [0.05, 0.1) is 6.10 Å². The summed E-state index contributed by atoms with van der Waals surface area (Å²) in [5.74, 6) is -2.71. The zero-order valence-corrected chi connectivity index (χ0v) is 16.8. The first-order chi connectivity index (χ1) is 13.0. The van der Waals surface area contributed by atoms with Crippen molar-refractivity contribution in [3.8, 4) is 0 Å². The Morgan fingerprint density at radius 2 is 1.75 bits per heavy atom. The average molecular weight is 400 g/mol. The van der Waals surface area contributed by atoms with Gasteiger partial charge in [-0.25, -0.2) is 0 Å². The highest BCUT2D eigenvalue weighted by molar-refractivity contribution is 5.94. The number of hydrogen-bond donors (Lipinski definition) is 5. The van der Waals surface area contributed by atoms with E-state index in [0.717, 1.165) is 0 Å². The molecule has 0 aromatic heterocycles. The number of amides is 3. The molecule has 0 saturated carbocycles. The highest BCUT2D eigenvalue weighted by Crippen LogP contribution is 2.19. The minimum atomic E-state index is -1.18. The SMILES string of the molecule is CC(C)CC(NC(=O)C1CCCN1C(=O)C(N)C(C)O)C(=O)NC(C)C(=O)O. The molecule has 160 valence electrons. The van der Waals surface area contributed by atoms with Crippen molar-refractivity contribution < 1.29 is 29.4 Å². The number of carboxylic acid groups (broad SMARTS) is 1. The van der Waals surface area contributed by atoms with Gasteiger partial charge in [0.2, 0.25) is 17.7 Å². The molecule has 5 atom stereocenters. The number of hydrogen-bond acceptors (Lipinski definition) is 6. The van der Waals surface area contributed by atoms with E-state index in [4.69, 9.17) is 10.8 Å². The molecule has 0 aliphatic carbocycles. The van der Waals surface area contributed by atoms with E-state index in [-0.39, 0.29) is 5.92 Å². The fourth-order valence-corrected chi connectivity index (χ4v) is 3.05. The second-order valence-corrected chi connectivity index (χ2v) is 7.72. The largest absolute Gasteiger partial charge is 0.480 e.